The van der Waals surface area contributed by atoms with Crippen LogP contribution in [0.4, 0.5) is 0 Å². The van der Waals surface area contributed by atoms with E-state index in [1.165, 1.54) is 0 Å². The highest BCUT2D eigenvalue weighted by Gasteiger charge is 2.21. The van der Waals surface area contributed by atoms with Crippen molar-refractivity contribution in [2.75, 3.05) is 13.2 Å². The molecule has 1 amide bonds. The molecule has 0 unspecified atom stereocenters. The van der Waals surface area contributed by atoms with Crippen molar-refractivity contribution >= 4 is 16.7 Å². The third-order valence-corrected chi connectivity index (χ3v) is 3.36. The SMILES string of the molecule is CC(C)(C)C(=O)NC[C@H](O)COc1cccc2ccccc12. The lowest BCUT2D eigenvalue weighted by Crippen LogP contribution is -2.40. The summed E-state index contributed by atoms with van der Waals surface area (Å²) in [6, 6.07) is 13.7. The van der Waals surface area contributed by atoms with Crippen molar-refractivity contribution in [1.82, 2.24) is 5.32 Å². The van der Waals surface area contributed by atoms with E-state index in [0.29, 0.717) is 0 Å². The van der Waals surface area contributed by atoms with E-state index in [-0.39, 0.29) is 19.1 Å². The Hall–Kier alpha value is -2.07. The molecule has 4 nitrogen and oxygen atoms in total. The normalized spacial score (nSPS) is 12.9. The Balaban J connectivity index is 1.91. The fourth-order valence-corrected chi connectivity index (χ4v) is 2.04. The molecule has 0 saturated heterocycles. The topological polar surface area (TPSA) is 58.6 Å². The molecule has 2 aromatic carbocycles. The third kappa shape index (κ3) is 4.21. The molecule has 0 bridgehead atoms. The van der Waals surface area contributed by atoms with Crippen molar-refractivity contribution < 1.29 is 14.6 Å². The van der Waals surface area contributed by atoms with E-state index in [1.54, 1.807) is 0 Å². The number of rotatable bonds is 5. The zero-order valence-electron chi connectivity index (χ0n) is 13.3. The van der Waals surface area contributed by atoms with E-state index in [4.69, 9.17) is 4.74 Å². The van der Waals surface area contributed by atoms with E-state index in [9.17, 15) is 9.90 Å². The Bertz CT molecular complexity index is 641. The van der Waals surface area contributed by atoms with Gasteiger partial charge >= 0.3 is 0 Å². The van der Waals surface area contributed by atoms with Crippen molar-refractivity contribution in [2.24, 2.45) is 5.41 Å². The summed E-state index contributed by atoms with van der Waals surface area (Å²) in [4.78, 5) is 11.8. The van der Waals surface area contributed by atoms with Crippen LogP contribution in [0.3, 0.4) is 0 Å². The first kappa shape index (κ1) is 16.3. The van der Waals surface area contributed by atoms with Gasteiger partial charge in [-0.05, 0) is 11.5 Å². The highest BCUT2D eigenvalue weighted by atomic mass is 16.5. The molecule has 0 aromatic heterocycles. The average Bonchev–Trinajstić information content (AvgIpc) is 2.49. The highest BCUT2D eigenvalue weighted by Crippen LogP contribution is 2.25. The van der Waals surface area contributed by atoms with Gasteiger partial charge in [-0.25, -0.2) is 0 Å². The summed E-state index contributed by atoms with van der Waals surface area (Å²) in [5, 5.41) is 14.8. The first-order valence-electron chi connectivity index (χ1n) is 7.45. The van der Waals surface area contributed by atoms with Crippen LogP contribution in [-0.2, 0) is 4.79 Å². The number of ether oxygens (including phenoxy) is 1. The lowest BCUT2D eigenvalue weighted by atomic mass is 9.96. The van der Waals surface area contributed by atoms with Gasteiger partial charge in [-0.15, -0.1) is 0 Å². The van der Waals surface area contributed by atoms with Crippen LogP contribution in [0.1, 0.15) is 20.8 Å². The summed E-state index contributed by atoms with van der Waals surface area (Å²) in [7, 11) is 0. The minimum absolute atomic E-state index is 0.0864. The van der Waals surface area contributed by atoms with Crippen molar-refractivity contribution in [1.29, 1.82) is 0 Å². The Morgan fingerprint density at radius 1 is 1.18 bits per heavy atom. The Morgan fingerprint density at radius 2 is 1.86 bits per heavy atom. The maximum Gasteiger partial charge on any atom is 0.225 e. The fraction of sp³-hybridized carbons (Fsp3) is 0.389. The predicted octanol–water partition coefficient (Wildman–Crippen LogP) is 2.74. The number of carbonyl (C=O) groups is 1. The maximum absolute atomic E-state index is 11.8. The molecule has 118 valence electrons. The number of aliphatic hydroxyl groups excluding tert-OH is 1. The largest absolute Gasteiger partial charge is 0.490 e. The lowest BCUT2D eigenvalue weighted by molar-refractivity contribution is -0.129. The van der Waals surface area contributed by atoms with Gasteiger partial charge in [0.1, 0.15) is 18.5 Å². The van der Waals surface area contributed by atoms with Crippen LogP contribution < -0.4 is 10.1 Å². The minimum Gasteiger partial charge on any atom is -0.490 e. The average molecular weight is 301 g/mol. The molecule has 0 aliphatic rings. The molecule has 0 heterocycles. The Kier molecular flexibility index (Phi) is 5.03. The molecule has 0 spiro atoms. The van der Waals surface area contributed by atoms with E-state index in [0.717, 1.165) is 16.5 Å². The molecule has 1 atom stereocenters. The van der Waals surface area contributed by atoms with Gasteiger partial charge < -0.3 is 15.2 Å². The summed E-state index contributed by atoms with van der Waals surface area (Å²) in [6.07, 6.45) is -0.745. The van der Waals surface area contributed by atoms with Crippen molar-refractivity contribution in [3.8, 4) is 5.75 Å². The number of fused-ring (bicyclic) bond motifs is 1. The Labute approximate surface area is 131 Å². The standard InChI is InChI=1S/C18H23NO3/c1-18(2,3)17(21)19-11-14(20)12-22-16-10-6-8-13-7-4-5-9-15(13)16/h4-10,14,20H,11-12H2,1-3H3,(H,19,21)/t14-/m0/s1. The molecular formula is C18H23NO3. The second kappa shape index (κ2) is 6.79. The monoisotopic (exact) mass is 301 g/mol. The van der Waals surface area contributed by atoms with Crippen molar-refractivity contribution in [3.05, 3.63) is 42.5 Å². The molecule has 0 saturated carbocycles. The number of nitrogens with one attached hydrogen (secondary N) is 1. The number of amides is 1. The maximum atomic E-state index is 11.8. The van der Waals surface area contributed by atoms with Crippen LogP contribution in [-0.4, -0.2) is 30.3 Å². The highest BCUT2D eigenvalue weighted by molar-refractivity contribution is 5.88. The summed E-state index contributed by atoms with van der Waals surface area (Å²) in [5.41, 5.74) is -0.462. The summed E-state index contributed by atoms with van der Waals surface area (Å²) in [6.45, 7) is 5.82. The minimum atomic E-state index is -0.745. The van der Waals surface area contributed by atoms with Crippen molar-refractivity contribution in [2.45, 2.75) is 26.9 Å². The first-order chi connectivity index (χ1) is 10.4. The van der Waals surface area contributed by atoms with Crippen LogP contribution in [0.25, 0.3) is 10.8 Å². The summed E-state index contributed by atoms with van der Waals surface area (Å²) >= 11 is 0. The molecule has 0 aliphatic carbocycles. The van der Waals surface area contributed by atoms with Crippen LogP contribution >= 0.6 is 0 Å². The predicted molar refractivity (Wildman–Crippen MR) is 87.9 cm³/mol. The summed E-state index contributed by atoms with van der Waals surface area (Å²) < 4.78 is 5.70. The zero-order chi connectivity index (χ0) is 16.2. The lowest BCUT2D eigenvalue weighted by Gasteiger charge is -2.20. The van der Waals surface area contributed by atoms with Gasteiger partial charge in [0.05, 0.1) is 0 Å². The van der Waals surface area contributed by atoms with Gasteiger partial charge in [0, 0.05) is 17.3 Å². The first-order valence-corrected chi connectivity index (χ1v) is 7.45. The fourth-order valence-electron chi connectivity index (χ4n) is 2.04. The number of hydrogen-bond acceptors (Lipinski definition) is 3. The van der Waals surface area contributed by atoms with E-state index >= 15 is 0 Å². The molecule has 0 aliphatic heterocycles. The third-order valence-electron chi connectivity index (χ3n) is 3.36. The van der Waals surface area contributed by atoms with Crippen LogP contribution in [0.5, 0.6) is 5.75 Å². The number of hydrogen-bond donors (Lipinski definition) is 2. The van der Waals surface area contributed by atoms with Gasteiger partial charge in [-0.1, -0.05) is 57.2 Å². The van der Waals surface area contributed by atoms with Gasteiger partial charge in [0.25, 0.3) is 0 Å². The molecule has 4 heteroatoms. The van der Waals surface area contributed by atoms with E-state index in [1.807, 2.05) is 63.2 Å². The van der Waals surface area contributed by atoms with E-state index < -0.39 is 11.5 Å². The molecule has 22 heavy (non-hydrogen) atoms. The smallest absolute Gasteiger partial charge is 0.225 e. The number of benzene rings is 2. The van der Waals surface area contributed by atoms with Crippen LogP contribution in [0.15, 0.2) is 42.5 Å². The Morgan fingerprint density at radius 3 is 2.59 bits per heavy atom. The van der Waals surface area contributed by atoms with Crippen molar-refractivity contribution in [3.63, 3.8) is 0 Å². The van der Waals surface area contributed by atoms with Crippen LogP contribution in [0, 0.1) is 5.41 Å². The van der Waals surface area contributed by atoms with Gasteiger partial charge in [-0.2, -0.15) is 0 Å². The second-order valence-electron chi connectivity index (χ2n) is 6.40. The quantitative estimate of drug-likeness (QED) is 0.893. The molecule has 2 aromatic rings. The van der Waals surface area contributed by atoms with E-state index in [2.05, 4.69) is 5.32 Å². The molecule has 0 radical (unpaired) electrons. The number of carbonyl (C=O) groups excluding carboxylic acids is 1. The molecular weight excluding hydrogens is 278 g/mol. The molecule has 2 rings (SSSR count). The zero-order valence-corrected chi connectivity index (χ0v) is 13.3. The molecule has 2 N–H and O–H groups in total. The van der Waals surface area contributed by atoms with Crippen LogP contribution in [0.2, 0.25) is 0 Å². The van der Waals surface area contributed by atoms with Gasteiger partial charge in [0.2, 0.25) is 5.91 Å². The number of aliphatic hydroxyl groups is 1. The molecule has 0 fully saturated rings. The second-order valence-corrected chi connectivity index (χ2v) is 6.40. The van der Waals surface area contributed by atoms with Gasteiger partial charge in [0.15, 0.2) is 0 Å². The van der Waals surface area contributed by atoms with Gasteiger partial charge in [-0.3, -0.25) is 4.79 Å². The summed E-state index contributed by atoms with van der Waals surface area (Å²) in [5.74, 6) is 0.649.